The van der Waals surface area contributed by atoms with E-state index in [1.54, 1.807) is 0 Å². The average Bonchev–Trinajstić information content (AvgIpc) is 2.91. The van der Waals surface area contributed by atoms with Gasteiger partial charge in [0.15, 0.2) is 0 Å². The Morgan fingerprint density at radius 1 is 1.32 bits per heavy atom. The number of carbonyl (C=O) groups is 1. The van der Waals surface area contributed by atoms with E-state index < -0.39 is 17.3 Å². The van der Waals surface area contributed by atoms with Gasteiger partial charge in [-0.05, 0) is 37.5 Å². The largest absolute Gasteiger partial charge is 0.456 e. The van der Waals surface area contributed by atoms with Gasteiger partial charge in [0.25, 0.3) is 0 Å². The summed E-state index contributed by atoms with van der Waals surface area (Å²) in [5, 5.41) is 21.7. The van der Waals surface area contributed by atoms with Crippen LogP contribution < -0.4 is 0 Å². The van der Waals surface area contributed by atoms with Crippen molar-refractivity contribution in [2.24, 2.45) is 17.8 Å². The topological polar surface area (TPSA) is 66.8 Å². The van der Waals surface area contributed by atoms with Crippen molar-refractivity contribution in [1.29, 1.82) is 0 Å². The van der Waals surface area contributed by atoms with Crippen molar-refractivity contribution in [3.8, 4) is 0 Å². The molecule has 1 aliphatic carbocycles. The molecule has 2 N–H and O–H groups in total. The van der Waals surface area contributed by atoms with Gasteiger partial charge in [-0.3, -0.25) is 4.79 Å². The number of hydrogen-bond donors (Lipinski definition) is 2. The third-order valence-electron chi connectivity index (χ3n) is 5.91. The van der Waals surface area contributed by atoms with E-state index in [0.717, 1.165) is 6.42 Å². The van der Waals surface area contributed by atoms with E-state index in [1.807, 2.05) is 13.8 Å². The smallest absolute Gasteiger partial charge is 0.309 e. The first-order chi connectivity index (χ1) is 10.3. The number of ether oxygens (including phenoxy) is 1. The molecule has 4 heteroatoms. The maximum absolute atomic E-state index is 11.8. The van der Waals surface area contributed by atoms with Crippen LogP contribution in [0.25, 0.3) is 0 Å². The molecule has 0 aromatic rings. The van der Waals surface area contributed by atoms with Gasteiger partial charge in [0.05, 0.1) is 12.0 Å². The average molecular weight is 310 g/mol. The zero-order valence-electron chi connectivity index (χ0n) is 14.2. The van der Waals surface area contributed by atoms with Crippen molar-refractivity contribution in [3.63, 3.8) is 0 Å². The van der Waals surface area contributed by atoms with E-state index in [1.165, 1.54) is 0 Å². The number of aliphatic hydroxyl groups is 2. The standard InChI is InChI=1S/C18H30O4/c1-5-8-9-13-11-17(21,6-2)16(12(13)4)18(7-3)14(19)10-15(20)22-18/h8-9,12-14,16,19,21H,5-7,10-11H2,1-4H3/b9-8+. The van der Waals surface area contributed by atoms with Gasteiger partial charge in [-0.15, -0.1) is 0 Å². The lowest BCUT2D eigenvalue weighted by molar-refractivity contribution is -0.181. The van der Waals surface area contributed by atoms with Crippen LogP contribution in [0.4, 0.5) is 0 Å². The van der Waals surface area contributed by atoms with Crippen molar-refractivity contribution in [1.82, 2.24) is 0 Å². The molecule has 1 saturated heterocycles. The summed E-state index contributed by atoms with van der Waals surface area (Å²) < 4.78 is 5.64. The molecule has 22 heavy (non-hydrogen) atoms. The number of aliphatic hydroxyl groups excluding tert-OH is 1. The molecule has 1 aliphatic heterocycles. The lowest BCUT2D eigenvalue weighted by Crippen LogP contribution is -2.55. The molecular weight excluding hydrogens is 280 g/mol. The van der Waals surface area contributed by atoms with Crippen molar-refractivity contribution in [2.45, 2.75) is 77.1 Å². The number of allylic oxidation sites excluding steroid dienone is 2. The van der Waals surface area contributed by atoms with Crippen LogP contribution in [0, 0.1) is 17.8 Å². The van der Waals surface area contributed by atoms with Crippen molar-refractivity contribution >= 4 is 5.97 Å². The second-order valence-corrected chi connectivity index (χ2v) is 7.00. The second-order valence-electron chi connectivity index (χ2n) is 7.00. The van der Waals surface area contributed by atoms with Crippen LogP contribution in [0.15, 0.2) is 12.2 Å². The number of carbonyl (C=O) groups excluding carboxylic acids is 1. The molecule has 1 saturated carbocycles. The van der Waals surface area contributed by atoms with Gasteiger partial charge < -0.3 is 14.9 Å². The Labute approximate surface area is 133 Å². The van der Waals surface area contributed by atoms with E-state index in [-0.39, 0.29) is 30.1 Å². The minimum absolute atomic E-state index is 0.0340. The second kappa shape index (κ2) is 6.32. The molecule has 0 radical (unpaired) electrons. The van der Waals surface area contributed by atoms with E-state index >= 15 is 0 Å². The highest BCUT2D eigenvalue weighted by molar-refractivity contribution is 5.73. The van der Waals surface area contributed by atoms with E-state index in [2.05, 4.69) is 26.0 Å². The molecule has 2 fully saturated rings. The molecule has 2 aliphatic rings. The molecular formula is C18H30O4. The molecule has 4 nitrogen and oxygen atoms in total. The monoisotopic (exact) mass is 310 g/mol. The Kier molecular flexibility index (Phi) is 5.03. The first-order valence-corrected chi connectivity index (χ1v) is 8.63. The predicted molar refractivity (Wildman–Crippen MR) is 85.2 cm³/mol. The lowest BCUT2D eigenvalue weighted by atomic mass is 9.68. The summed E-state index contributed by atoms with van der Waals surface area (Å²) >= 11 is 0. The summed E-state index contributed by atoms with van der Waals surface area (Å²) in [6.07, 6.45) is 6.28. The maximum Gasteiger partial charge on any atom is 0.309 e. The Bertz CT molecular complexity index is 446. The van der Waals surface area contributed by atoms with Crippen LogP contribution >= 0.6 is 0 Å². The molecule has 0 bridgehead atoms. The number of cyclic esters (lactones) is 1. The van der Waals surface area contributed by atoms with Crippen molar-refractivity contribution in [2.75, 3.05) is 0 Å². The molecule has 6 unspecified atom stereocenters. The molecule has 126 valence electrons. The maximum atomic E-state index is 11.8. The molecule has 2 rings (SSSR count). The minimum atomic E-state index is -0.948. The Morgan fingerprint density at radius 2 is 2.00 bits per heavy atom. The summed E-state index contributed by atoms with van der Waals surface area (Å²) in [5.74, 6) is -0.173. The van der Waals surface area contributed by atoms with E-state index in [0.29, 0.717) is 19.3 Å². The number of esters is 1. The molecule has 0 amide bonds. The van der Waals surface area contributed by atoms with Crippen LogP contribution in [0.5, 0.6) is 0 Å². The summed E-state index contributed by atoms with van der Waals surface area (Å²) in [6.45, 7) is 8.10. The number of hydrogen-bond acceptors (Lipinski definition) is 4. The zero-order valence-corrected chi connectivity index (χ0v) is 14.2. The fourth-order valence-electron chi connectivity index (χ4n) is 4.73. The normalized spacial score (nSPS) is 45.6. The number of rotatable bonds is 5. The van der Waals surface area contributed by atoms with Crippen LogP contribution in [0.3, 0.4) is 0 Å². The molecule has 0 aromatic carbocycles. The van der Waals surface area contributed by atoms with Crippen LogP contribution in [-0.4, -0.2) is 33.5 Å². The van der Waals surface area contributed by atoms with Crippen LogP contribution in [0.1, 0.15) is 59.8 Å². The quantitative estimate of drug-likeness (QED) is 0.605. The van der Waals surface area contributed by atoms with Gasteiger partial charge in [0.2, 0.25) is 0 Å². The minimum Gasteiger partial charge on any atom is -0.456 e. The Morgan fingerprint density at radius 3 is 2.45 bits per heavy atom. The summed E-state index contributed by atoms with van der Waals surface area (Å²) in [5.41, 5.74) is -1.85. The lowest BCUT2D eigenvalue weighted by Gasteiger charge is -2.44. The van der Waals surface area contributed by atoms with Crippen LogP contribution in [0.2, 0.25) is 0 Å². The Hall–Kier alpha value is -0.870. The summed E-state index contributed by atoms with van der Waals surface area (Å²) in [7, 11) is 0. The van der Waals surface area contributed by atoms with Gasteiger partial charge in [-0.2, -0.15) is 0 Å². The van der Waals surface area contributed by atoms with Gasteiger partial charge in [0.1, 0.15) is 11.7 Å². The highest BCUT2D eigenvalue weighted by Gasteiger charge is 2.64. The van der Waals surface area contributed by atoms with Crippen LogP contribution in [-0.2, 0) is 9.53 Å². The fourth-order valence-corrected chi connectivity index (χ4v) is 4.73. The zero-order chi connectivity index (χ0) is 16.5. The Balaban J connectivity index is 2.41. The first kappa shape index (κ1) is 17.5. The molecule has 1 heterocycles. The van der Waals surface area contributed by atoms with Crippen molar-refractivity contribution in [3.05, 3.63) is 12.2 Å². The highest BCUT2D eigenvalue weighted by Crippen LogP contribution is 2.56. The van der Waals surface area contributed by atoms with Gasteiger partial charge in [0, 0.05) is 5.92 Å². The molecule has 0 spiro atoms. The SMILES string of the molecule is CC/C=C/C1CC(O)(CC)C(C2(CC)OC(=O)CC2O)C1C. The third kappa shape index (κ3) is 2.61. The fraction of sp³-hybridized carbons (Fsp3) is 0.833. The highest BCUT2D eigenvalue weighted by atomic mass is 16.6. The molecule has 6 atom stereocenters. The summed E-state index contributed by atoms with van der Waals surface area (Å²) in [4.78, 5) is 11.8. The van der Waals surface area contributed by atoms with Gasteiger partial charge in [-0.25, -0.2) is 0 Å². The third-order valence-corrected chi connectivity index (χ3v) is 5.91. The van der Waals surface area contributed by atoms with E-state index in [9.17, 15) is 15.0 Å². The van der Waals surface area contributed by atoms with E-state index in [4.69, 9.17) is 4.74 Å². The molecule has 0 aromatic heterocycles. The van der Waals surface area contributed by atoms with Gasteiger partial charge >= 0.3 is 5.97 Å². The summed E-state index contributed by atoms with van der Waals surface area (Å²) in [6, 6.07) is 0. The van der Waals surface area contributed by atoms with Gasteiger partial charge in [-0.1, -0.05) is 39.8 Å². The van der Waals surface area contributed by atoms with Crippen molar-refractivity contribution < 1.29 is 19.7 Å². The predicted octanol–water partition coefficient (Wildman–Crippen LogP) is 2.82. The first-order valence-electron chi connectivity index (χ1n) is 8.63.